The minimum absolute atomic E-state index is 1.17. The lowest BCUT2D eigenvalue weighted by molar-refractivity contribution is 1.20. The van der Waals surface area contributed by atoms with Gasteiger partial charge in [-0.25, -0.2) is 0 Å². The van der Waals surface area contributed by atoms with Gasteiger partial charge in [0.05, 0.1) is 5.69 Å². The Morgan fingerprint density at radius 1 is 0.783 bits per heavy atom. The largest absolute Gasteiger partial charge is 0.257 e. The molecule has 0 saturated heterocycles. The van der Waals surface area contributed by atoms with Gasteiger partial charge in [-0.3, -0.25) is 4.99 Å². The van der Waals surface area contributed by atoms with Gasteiger partial charge >= 0.3 is 0 Å². The third kappa shape index (κ3) is 3.64. The Kier molecular flexibility index (Phi) is 5.95. The molecule has 0 aromatic heterocycles. The molecule has 0 bridgehead atoms. The zero-order valence-corrected chi connectivity index (χ0v) is 16.2. The first-order valence-electron chi connectivity index (χ1n) is 8.78. The van der Waals surface area contributed by atoms with E-state index in [9.17, 15) is 0 Å². The Labute approximate surface area is 142 Å². The summed E-state index contributed by atoms with van der Waals surface area (Å²) in [6, 6.07) is 21.0. The molecule has 1 nitrogen and oxygen atoms in total. The number of benzene rings is 2. The molecule has 0 aliphatic rings. The highest BCUT2D eigenvalue weighted by molar-refractivity contribution is 7.08. The van der Waals surface area contributed by atoms with E-state index in [2.05, 4.69) is 83.1 Å². The van der Waals surface area contributed by atoms with Crippen LogP contribution in [0.3, 0.4) is 0 Å². The van der Waals surface area contributed by atoms with E-state index >= 15 is 0 Å². The van der Waals surface area contributed by atoms with Crippen molar-refractivity contribution in [3.8, 4) is 0 Å². The second-order valence-electron chi connectivity index (χ2n) is 6.41. The molecule has 2 rings (SSSR count). The molecule has 2 aromatic rings. The fourth-order valence-electron chi connectivity index (χ4n) is 3.43. The fraction of sp³-hybridized carbons (Fsp3) is 0.381. The van der Waals surface area contributed by atoms with E-state index in [1.165, 1.54) is 45.8 Å². The molecule has 0 aliphatic carbocycles. The van der Waals surface area contributed by atoms with Gasteiger partial charge < -0.3 is 0 Å². The van der Waals surface area contributed by atoms with Crippen LogP contribution in [-0.4, -0.2) is 13.4 Å². The molecule has 2 heteroatoms. The molecule has 0 radical (unpaired) electrons. The number of aryl methyl sites for hydroxylation is 2. The lowest BCUT2D eigenvalue weighted by Gasteiger charge is -2.30. The maximum absolute atomic E-state index is 5.29. The Hall–Kier alpha value is -1.67. The number of hydrogen-bond acceptors (Lipinski definition) is 1. The monoisotopic (exact) mass is 323 g/mol. The van der Waals surface area contributed by atoms with E-state index in [-0.39, 0.29) is 0 Å². The minimum Gasteiger partial charge on any atom is -0.257 e. The van der Waals surface area contributed by atoms with Crippen LogP contribution >= 0.6 is 0 Å². The molecular weight excluding hydrogens is 294 g/mol. The number of nitrogens with zero attached hydrogens (tertiary/aromatic N) is 1. The van der Waals surface area contributed by atoms with Gasteiger partial charge in [-0.2, -0.15) is 0 Å². The Balaban J connectivity index is 2.70. The molecule has 0 atom stereocenters. The maximum Gasteiger partial charge on any atom is 0.110 e. The molecule has 0 heterocycles. The van der Waals surface area contributed by atoms with Gasteiger partial charge in [0.25, 0.3) is 0 Å². The summed E-state index contributed by atoms with van der Waals surface area (Å²) in [5.41, 5.74) is 5.01. The third-order valence-electron chi connectivity index (χ3n) is 5.24. The summed E-state index contributed by atoms with van der Waals surface area (Å²) < 4.78 is 0. The summed E-state index contributed by atoms with van der Waals surface area (Å²) in [6.07, 6.45) is 0. The van der Waals surface area contributed by atoms with E-state index < -0.39 is 8.07 Å². The number of para-hydroxylation sites is 1. The van der Waals surface area contributed by atoms with Crippen molar-refractivity contribution in [2.75, 3.05) is 0 Å². The van der Waals surface area contributed by atoms with Crippen LogP contribution in [0.15, 0.2) is 53.5 Å². The van der Waals surface area contributed by atoms with E-state index in [1.54, 1.807) is 0 Å². The van der Waals surface area contributed by atoms with Gasteiger partial charge in [-0.15, -0.1) is 0 Å². The average molecular weight is 324 g/mol. The van der Waals surface area contributed by atoms with Crippen LogP contribution < -0.4 is 0 Å². The van der Waals surface area contributed by atoms with Gasteiger partial charge in [-0.1, -0.05) is 87.4 Å². The highest BCUT2D eigenvalue weighted by atomic mass is 28.3. The Bertz CT molecular complexity index is 641. The summed E-state index contributed by atoms with van der Waals surface area (Å²) in [6.45, 7) is 11.4. The summed E-state index contributed by atoms with van der Waals surface area (Å²) in [5, 5.41) is 1.38. The predicted molar refractivity (Wildman–Crippen MR) is 106 cm³/mol. The second-order valence-corrected chi connectivity index (χ2v) is 11.6. The van der Waals surface area contributed by atoms with Crippen LogP contribution in [0.5, 0.6) is 0 Å². The summed E-state index contributed by atoms with van der Waals surface area (Å²) >= 11 is 0. The van der Waals surface area contributed by atoms with Gasteiger partial charge in [0.2, 0.25) is 0 Å². The first-order chi connectivity index (χ1) is 11.1. The summed E-state index contributed by atoms with van der Waals surface area (Å²) in [7, 11) is -1.57. The number of rotatable bonds is 6. The van der Waals surface area contributed by atoms with Crippen molar-refractivity contribution in [2.45, 2.75) is 52.8 Å². The van der Waals surface area contributed by atoms with Crippen LogP contribution in [0.2, 0.25) is 18.1 Å². The molecule has 0 unspecified atom stereocenters. The van der Waals surface area contributed by atoms with Gasteiger partial charge in [0.1, 0.15) is 8.07 Å². The second kappa shape index (κ2) is 7.74. The minimum atomic E-state index is -1.57. The molecule has 122 valence electrons. The zero-order valence-electron chi connectivity index (χ0n) is 15.2. The topological polar surface area (TPSA) is 12.4 Å². The van der Waals surface area contributed by atoms with Crippen molar-refractivity contribution in [1.82, 2.24) is 0 Å². The van der Waals surface area contributed by atoms with E-state index in [1.807, 2.05) is 0 Å². The van der Waals surface area contributed by atoms with Gasteiger partial charge in [0, 0.05) is 5.33 Å². The lowest BCUT2D eigenvalue weighted by Crippen LogP contribution is -2.42. The zero-order chi connectivity index (χ0) is 16.9. The van der Waals surface area contributed by atoms with Crippen molar-refractivity contribution in [3.63, 3.8) is 0 Å². The normalized spacial score (nSPS) is 12.5. The third-order valence-corrected chi connectivity index (χ3v) is 10.7. The standard InChI is InChI=1S/C21H29NSi/c1-6-23(7-2,8-3)21(19-15-10-9-11-16-19)22-20-17(4)13-12-14-18(20)5/h9-16H,6-8H2,1-5H3. The molecular formula is C21H29NSi. The van der Waals surface area contributed by atoms with Crippen LogP contribution in [0, 0.1) is 13.8 Å². The SMILES string of the molecule is CC[Si](CC)(CC)C(=Nc1c(C)cccc1C)c1ccccc1. The molecule has 2 aromatic carbocycles. The van der Waals surface area contributed by atoms with E-state index in [4.69, 9.17) is 4.99 Å². The lowest BCUT2D eigenvalue weighted by atomic mass is 10.1. The molecule has 0 fully saturated rings. The summed E-state index contributed by atoms with van der Waals surface area (Å²) in [5.74, 6) is 0. The molecule has 0 aliphatic heterocycles. The van der Waals surface area contributed by atoms with Crippen LogP contribution in [0.4, 0.5) is 5.69 Å². The average Bonchev–Trinajstić information content (AvgIpc) is 2.59. The number of aliphatic imine (C=N–C) groups is 1. The Morgan fingerprint density at radius 2 is 1.30 bits per heavy atom. The van der Waals surface area contributed by atoms with Crippen molar-refractivity contribution in [3.05, 3.63) is 65.2 Å². The smallest absolute Gasteiger partial charge is 0.110 e. The molecule has 0 N–H and O–H groups in total. The van der Waals surface area contributed by atoms with Crippen LogP contribution in [-0.2, 0) is 0 Å². The van der Waals surface area contributed by atoms with E-state index in [0.717, 1.165) is 0 Å². The fourth-order valence-corrected chi connectivity index (χ4v) is 7.06. The van der Waals surface area contributed by atoms with Gasteiger partial charge in [0.15, 0.2) is 0 Å². The quantitative estimate of drug-likeness (QED) is 0.426. The molecule has 0 saturated carbocycles. The highest BCUT2D eigenvalue weighted by Crippen LogP contribution is 2.31. The maximum atomic E-state index is 5.29. The molecule has 0 amide bonds. The van der Waals surface area contributed by atoms with Crippen molar-refractivity contribution < 1.29 is 0 Å². The number of hydrogen-bond donors (Lipinski definition) is 0. The molecule has 0 spiro atoms. The van der Waals surface area contributed by atoms with Crippen molar-refractivity contribution >= 4 is 19.1 Å². The highest BCUT2D eigenvalue weighted by Gasteiger charge is 2.34. The van der Waals surface area contributed by atoms with Gasteiger partial charge in [-0.05, 0) is 30.5 Å². The molecule has 23 heavy (non-hydrogen) atoms. The van der Waals surface area contributed by atoms with E-state index in [0.29, 0.717) is 0 Å². The predicted octanol–water partition coefficient (Wildman–Crippen LogP) is 6.47. The first-order valence-corrected chi connectivity index (χ1v) is 11.4. The summed E-state index contributed by atoms with van der Waals surface area (Å²) in [4.78, 5) is 5.29. The van der Waals surface area contributed by atoms with Crippen molar-refractivity contribution in [1.29, 1.82) is 0 Å². The van der Waals surface area contributed by atoms with Crippen molar-refractivity contribution in [2.24, 2.45) is 4.99 Å². The Morgan fingerprint density at radius 3 is 1.78 bits per heavy atom. The van der Waals surface area contributed by atoms with Crippen LogP contribution in [0.25, 0.3) is 0 Å². The first kappa shape index (κ1) is 17.7. The van der Waals surface area contributed by atoms with Crippen LogP contribution in [0.1, 0.15) is 37.5 Å².